The Kier molecular flexibility index (Phi) is 61.4. The van der Waals surface area contributed by atoms with Crippen LogP contribution in [0, 0.1) is 0 Å². The maximum absolute atomic E-state index is 13.0. The molecule has 0 fully saturated rings. The molecule has 0 aliphatic carbocycles. The average Bonchev–Trinajstić information content (AvgIpc) is 3.47. The number of aliphatic hydroxyl groups excluding tert-OH is 1. The first-order valence-electron chi connectivity index (χ1n) is 34.9. The number of quaternary nitrogens is 1. The number of aliphatic hydroxyl groups is 1. The quantitative estimate of drug-likeness (QED) is 0.0272. The Labute approximate surface area is 509 Å². The standard InChI is InChI=1S/C73H135N2O6P/c1-6-8-10-12-14-16-18-20-22-24-26-28-30-32-34-36-37-39-41-43-45-47-49-51-53-55-57-59-61-63-65-67-73(77)74-71(70-81-82(78,79)80-69-68-75(3,4)5)72(76)66-64-62-60-58-56-54-52-50-48-46-44-42-40-38-35-33-31-29-27-25-23-21-19-17-15-13-11-9-7-2/h8,10,14,16,20,22,26,28,48,50,56,58,64,66,71-72,76H,6-7,9,11-13,15,17-19,21,23-25,27,29-47,49,51-55,57,59-63,65,67-70H2,1-5H3,(H-,74,77,78,79)/b10-8-,16-14-,22-20-,28-26-,50-48+,58-56+,66-64+. The highest BCUT2D eigenvalue weighted by Gasteiger charge is 2.23. The summed E-state index contributed by atoms with van der Waals surface area (Å²) in [6.07, 6.45) is 90.0. The van der Waals surface area contributed by atoms with E-state index in [1.807, 2.05) is 27.2 Å². The Morgan fingerprint density at radius 3 is 1.13 bits per heavy atom. The summed E-state index contributed by atoms with van der Waals surface area (Å²) < 4.78 is 23.4. The number of amides is 1. The van der Waals surface area contributed by atoms with E-state index in [9.17, 15) is 19.4 Å². The van der Waals surface area contributed by atoms with E-state index in [0.29, 0.717) is 17.4 Å². The number of phosphoric acid groups is 1. The van der Waals surface area contributed by atoms with Gasteiger partial charge >= 0.3 is 0 Å². The van der Waals surface area contributed by atoms with Crippen LogP contribution < -0.4 is 10.2 Å². The molecule has 478 valence electrons. The lowest BCUT2D eigenvalue weighted by Gasteiger charge is -2.29. The smallest absolute Gasteiger partial charge is 0.268 e. The Balaban J connectivity index is 4.12. The van der Waals surface area contributed by atoms with Crippen molar-refractivity contribution in [1.29, 1.82) is 0 Å². The van der Waals surface area contributed by atoms with Gasteiger partial charge in [-0.15, -0.1) is 0 Å². The van der Waals surface area contributed by atoms with Gasteiger partial charge in [-0.05, 0) is 83.5 Å². The van der Waals surface area contributed by atoms with Gasteiger partial charge in [0.15, 0.2) is 0 Å². The van der Waals surface area contributed by atoms with Gasteiger partial charge in [-0.2, -0.15) is 0 Å². The number of rotatable bonds is 64. The number of allylic oxidation sites excluding steroid dienone is 13. The van der Waals surface area contributed by atoms with Gasteiger partial charge in [0.25, 0.3) is 7.82 Å². The van der Waals surface area contributed by atoms with Crippen LogP contribution in [-0.4, -0.2) is 68.5 Å². The molecule has 0 aromatic heterocycles. The molecule has 3 unspecified atom stereocenters. The van der Waals surface area contributed by atoms with Crippen molar-refractivity contribution in [2.75, 3.05) is 40.9 Å². The van der Waals surface area contributed by atoms with Crippen molar-refractivity contribution >= 4 is 13.7 Å². The first-order valence-corrected chi connectivity index (χ1v) is 36.4. The first-order chi connectivity index (χ1) is 40.0. The predicted molar refractivity (Wildman–Crippen MR) is 357 cm³/mol. The molecular weight excluding hydrogens is 1030 g/mol. The van der Waals surface area contributed by atoms with Crippen LogP contribution >= 0.6 is 7.82 Å². The maximum Gasteiger partial charge on any atom is 0.268 e. The molecule has 9 heteroatoms. The fraction of sp³-hybridized carbons (Fsp3) is 0.795. The monoisotopic (exact) mass is 1170 g/mol. The zero-order valence-electron chi connectivity index (χ0n) is 54.7. The van der Waals surface area contributed by atoms with Gasteiger partial charge in [-0.25, -0.2) is 0 Å². The second-order valence-electron chi connectivity index (χ2n) is 24.8. The lowest BCUT2D eigenvalue weighted by atomic mass is 10.0. The van der Waals surface area contributed by atoms with Crippen LogP contribution in [0.4, 0.5) is 0 Å². The number of nitrogens with zero attached hydrogens (tertiary/aromatic N) is 1. The topological polar surface area (TPSA) is 108 Å². The number of hydrogen-bond acceptors (Lipinski definition) is 6. The SMILES string of the molecule is CC/C=C\C/C=C\C/C=C\C/C=C\CCCCCCCCCCCCCCCCCCCCC(=O)NC(COP(=O)([O-])OCC[N+](C)(C)C)C(O)/C=C/CC/C=C/CC/C=C/CCCCCCCCCCCCCCCCCCCCC. The molecule has 0 saturated carbocycles. The Hall–Kier alpha value is -2.32. The van der Waals surface area contributed by atoms with E-state index in [1.54, 1.807) is 6.08 Å². The van der Waals surface area contributed by atoms with Crippen molar-refractivity contribution in [3.8, 4) is 0 Å². The van der Waals surface area contributed by atoms with Crippen molar-refractivity contribution in [3.05, 3.63) is 85.1 Å². The lowest BCUT2D eigenvalue weighted by molar-refractivity contribution is -0.870. The van der Waals surface area contributed by atoms with Crippen molar-refractivity contribution in [1.82, 2.24) is 5.32 Å². The van der Waals surface area contributed by atoms with Crippen LogP contribution in [-0.2, 0) is 18.4 Å². The molecule has 0 rings (SSSR count). The molecule has 82 heavy (non-hydrogen) atoms. The Bertz CT molecular complexity index is 1610. The van der Waals surface area contributed by atoms with Crippen LogP contribution in [0.3, 0.4) is 0 Å². The van der Waals surface area contributed by atoms with E-state index >= 15 is 0 Å². The van der Waals surface area contributed by atoms with Gasteiger partial charge in [-0.3, -0.25) is 9.36 Å². The van der Waals surface area contributed by atoms with Crippen molar-refractivity contribution in [3.63, 3.8) is 0 Å². The zero-order chi connectivity index (χ0) is 59.8. The molecule has 0 aromatic carbocycles. The minimum Gasteiger partial charge on any atom is -0.756 e. The molecule has 8 nitrogen and oxygen atoms in total. The van der Waals surface area contributed by atoms with E-state index in [-0.39, 0.29) is 12.5 Å². The third-order valence-corrected chi connectivity index (χ3v) is 16.5. The van der Waals surface area contributed by atoms with Gasteiger partial charge in [0, 0.05) is 6.42 Å². The first kappa shape index (κ1) is 79.7. The van der Waals surface area contributed by atoms with Crippen LogP contribution in [0.1, 0.15) is 322 Å². The van der Waals surface area contributed by atoms with Crippen LogP contribution in [0.5, 0.6) is 0 Å². The number of likely N-dealkylation sites (N-methyl/N-ethyl adjacent to an activating group) is 1. The molecular formula is C73H135N2O6P. The molecule has 0 bridgehead atoms. The van der Waals surface area contributed by atoms with Crippen molar-refractivity contribution in [2.24, 2.45) is 0 Å². The highest BCUT2D eigenvalue weighted by Crippen LogP contribution is 2.38. The average molecular weight is 1170 g/mol. The molecule has 3 atom stereocenters. The summed E-state index contributed by atoms with van der Waals surface area (Å²) in [6, 6.07) is -0.915. The van der Waals surface area contributed by atoms with E-state index < -0.39 is 26.6 Å². The number of carbonyl (C=O) groups excluding carboxylic acids is 1. The fourth-order valence-corrected chi connectivity index (χ4v) is 10.9. The van der Waals surface area contributed by atoms with Crippen molar-refractivity contribution in [2.45, 2.75) is 334 Å². The van der Waals surface area contributed by atoms with Crippen LogP contribution in [0.2, 0.25) is 0 Å². The molecule has 0 aliphatic heterocycles. The number of unbranched alkanes of at least 4 members (excludes halogenated alkanes) is 39. The third-order valence-electron chi connectivity index (χ3n) is 15.6. The number of carbonyl (C=O) groups is 1. The lowest BCUT2D eigenvalue weighted by Crippen LogP contribution is -2.45. The van der Waals surface area contributed by atoms with Gasteiger partial charge in [-0.1, -0.05) is 317 Å². The summed E-state index contributed by atoms with van der Waals surface area (Å²) in [6.45, 7) is 4.54. The second-order valence-corrected chi connectivity index (χ2v) is 26.2. The zero-order valence-corrected chi connectivity index (χ0v) is 55.6. The third kappa shape index (κ3) is 65.2. The molecule has 2 N–H and O–H groups in total. The molecule has 1 amide bonds. The summed E-state index contributed by atoms with van der Waals surface area (Å²) in [4.78, 5) is 25.6. The minimum absolute atomic E-state index is 0.0106. The highest BCUT2D eigenvalue weighted by molar-refractivity contribution is 7.45. The van der Waals surface area contributed by atoms with Crippen LogP contribution in [0.15, 0.2) is 85.1 Å². The summed E-state index contributed by atoms with van der Waals surface area (Å²) in [7, 11) is 1.24. The molecule has 0 radical (unpaired) electrons. The van der Waals surface area contributed by atoms with E-state index in [4.69, 9.17) is 9.05 Å². The van der Waals surface area contributed by atoms with E-state index in [2.05, 4.69) is 92.1 Å². The van der Waals surface area contributed by atoms with Gasteiger partial charge < -0.3 is 28.8 Å². The summed E-state index contributed by atoms with van der Waals surface area (Å²) in [5.41, 5.74) is 0. The largest absolute Gasteiger partial charge is 0.756 e. The molecule has 0 saturated heterocycles. The summed E-state index contributed by atoms with van der Waals surface area (Å²) in [5, 5.41) is 13.9. The molecule has 0 heterocycles. The molecule has 0 spiro atoms. The highest BCUT2D eigenvalue weighted by atomic mass is 31.2. The van der Waals surface area contributed by atoms with Crippen LogP contribution in [0.25, 0.3) is 0 Å². The van der Waals surface area contributed by atoms with Crippen molar-refractivity contribution < 1.29 is 32.9 Å². The summed E-state index contributed by atoms with van der Waals surface area (Å²) in [5.74, 6) is -0.209. The maximum atomic E-state index is 13.0. The Morgan fingerprint density at radius 2 is 0.756 bits per heavy atom. The summed E-state index contributed by atoms with van der Waals surface area (Å²) >= 11 is 0. The van der Waals surface area contributed by atoms with E-state index in [0.717, 1.165) is 70.6 Å². The Morgan fingerprint density at radius 1 is 0.439 bits per heavy atom. The van der Waals surface area contributed by atoms with E-state index in [1.165, 1.54) is 231 Å². The van der Waals surface area contributed by atoms with Gasteiger partial charge in [0.1, 0.15) is 13.2 Å². The predicted octanol–water partition coefficient (Wildman–Crippen LogP) is 21.7. The van der Waals surface area contributed by atoms with Gasteiger partial charge in [0.2, 0.25) is 5.91 Å². The molecule has 0 aromatic rings. The fourth-order valence-electron chi connectivity index (χ4n) is 10.2. The number of nitrogens with one attached hydrogen (secondary N) is 1. The molecule has 0 aliphatic rings. The second kappa shape index (κ2) is 63.2. The number of hydrogen-bond donors (Lipinski definition) is 2. The van der Waals surface area contributed by atoms with Gasteiger partial charge in [0.05, 0.1) is 39.9 Å². The minimum atomic E-state index is -4.62. The number of phosphoric ester groups is 1. The normalized spacial score (nSPS) is 14.2.